The van der Waals surface area contributed by atoms with E-state index < -0.39 is 11.6 Å². The van der Waals surface area contributed by atoms with Gasteiger partial charge in [0.25, 0.3) is 0 Å². The quantitative estimate of drug-likeness (QED) is 0.725. The molecule has 0 saturated heterocycles. The van der Waals surface area contributed by atoms with Crippen molar-refractivity contribution in [3.63, 3.8) is 0 Å². The number of carboxylic acids is 1. The van der Waals surface area contributed by atoms with Crippen molar-refractivity contribution in [2.75, 3.05) is 0 Å². The highest BCUT2D eigenvalue weighted by Crippen LogP contribution is 2.24. The molecular weight excluding hydrogens is 170 g/mol. The number of rotatable bonds is 3. The first kappa shape index (κ1) is 9.80. The predicted molar refractivity (Wildman–Crippen MR) is 47.2 cm³/mol. The van der Waals surface area contributed by atoms with Crippen LogP contribution in [0.5, 0.6) is 0 Å². The summed E-state index contributed by atoms with van der Waals surface area (Å²) in [5.41, 5.74) is -0.662. The van der Waals surface area contributed by atoms with E-state index in [0.29, 0.717) is 5.56 Å². The van der Waals surface area contributed by atoms with Gasteiger partial charge in [-0.3, -0.25) is 4.79 Å². The van der Waals surface area contributed by atoms with Crippen LogP contribution in [0.1, 0.15) is 18.9 Å². The number of carbonyl (C=O) groups is 1. The van der Waals surface area contributed by atoms with Gasteiger partial charge < -0.3 is 14.8 Å². The molecular formula is C9H13NO3. The predicted octanol–water partition coefficient (Wildman–Crippen LogP) is 0.707. The van der Waals surface area contributed by atoms with E-state index in [2.05, 4.69) is 0 Å². The van der Waals surface area contributed by atoms with Crippen LogP contribution in [-0.2, 0) is 17.4 Å². The van der Waals surface area contributed by atoms with Gasteiger partial charge in [0.05, 0.1) is 12.0 Å². The molecule has 2 N–H and O–H groups in total. The monoisotopic (exact) mass is 183 g/mol. The number of aliphatic hydroxyl groups is 1. The summed E-state index contributed by atoms with van der Waals surface area (Å²) in [5.74, 6) is -1.01. The maximum atomic E-state index is 10.4. The van der Waals surface area contributed by atoms with Crippen LogP contribution in [0.3, 0.4) is 0 Å². The van der Waals surface area contributed by atoms with Crippen LogP contribution >= 0.6 is 0 Å². The van der Waals surface area contributed by atoms with Gasteiger partial charge in [0.1, 0.15) is 0 Å². The van der Waals surface area contributed by atoms with Crippen molar-refractivity contribution < 1.29 is 15.0 Å². The summed E-state index contributed by atoms with van der Waals surface area (Å²) >= 11 is 0. The van der Waals surface area contributed by atoms with E-state index in [0.717, 1.165) is 0 Å². The fraction of sp³-hybridized carbons (Fsp3) is 0.444. The third-order valence-electron chi connectivity index (χ3n) is 1.95. The molecule has 0 fully saturated rings. The molecule has 72 valence electrons. The highest BCUT2D eigenvalue weighted by atomic mass is 16.4. The number of aromatic nitrogens is 1. The first-order valence-corrected chi connectivity index (χ1v) is 3.98. The fourth-order valence-corrected chi connectivity index (χ4v) is 1.22. The maximum Gasteiger partial charge on any atom is 0.306 e. The van der Waals surface area contributed by atoms with E-state index in [4.69, 9.17) is 5.11 Å². The van der Waals surface area contributed by atoms with Crippen LogP contribution in [-0.4, -0.2) is 20.7 Å². The van der Waals surface area contributed by atoms with Crippen molar-refractivity contribution in [1.29, 1.82) is 0 Å². The molecule has 0 amide bonds. The fourth-order valence-electron chi connectivity index (χ4n) is 1.22. The van der Waals surface area contributed by atoms with Gasteiger partial charge in [0.2, 0.25) is 0 Å². The van der Waals surface area contributed by atoms with Crippen LogP contribution in [0.2, 0.25) is 0 Å². The number of aryl methyl sites for hydroxylation is 1. The zero-order valence-electron chi connectivity index (χ0n) is 7.69. The molecule has 1 heterocycles. The average Bonchev–Trinajstić information content (AvgIpc) is 2.32. The molecule has 1 atom stereocenters. The van der Waals surface area contributed by atoms with Crippen LogP contribution in [0.25, 0.3) is 0 Å². The summed E-state index contributed by atoms with van der Waals surface area (Å²) in [4.78, 5) is 10.4. The van der Waals surface area contributed by atoms with Crippen molar-refractivity contribution in [2.24, 2.45) is 7.05 Å². The molecule has 4 heteroatoms. The molecule has 1 aromatic heterocycles. The lowest BCUT2D eigenvalue weighted by Gasteiger charge is -2.19. The van der Waals surface area contributed by atoms with Crippen LogP contribution < -0.4 is 0 Å². The summed E-state index contributed by atoms with van der Waals surface area (Å²) in [6.07, 6.45) is 3.20. The highest BCUT2D eigenvalue weighted by molar-refractivity contribution is 5.68. The minimum atomic E-state index is -1.28. The van der Waals surface area contributed by atoms with E-state index >= 15 is 0 Å². The summed E-state index contributed by atoms with van der Waals surface area (Å²) in [5, 5.41) is 18.3. The smallest absolute Gasteiger partial charge is 0.306 e. The molecule has 1 aromatic rings. The normalized spacial score (nSPS) is 15.3. The Kier molecular flexibility index (Phi) is 2.43. The number of carboxylic acid groups (broad SMARTS) is 1. The topological polar surface area (TPSA) is 62.5 Å². The second-order valence-corrected chi connectivity index (χ2v) is 3.41. The summed E-state index contributed by atoms with van der Waals surface area (Å²) in [6.45, 7) is 1.50. The van der Waals surface area contributed by atoms with Gasteiger partial charge in [-0.05, 0) is 13.0 Å². The van der Waals surface area contributed by atoms with E-state index in [1.807, 2.05) is 7.05 Å². The van der Waals surface area contributed by atoms with Gasteiger partial charge in [0.15, 0.2) is 0 Å². The third-order valence-corrected chi connectivity index (χ3v) is 1.95. The molecule has 0 aliphatic rings. The van der Waals surface area contributed by atoms with Gasteiger partial charge in [0, 0.05) is 25.0 Å². The van der Waals surface area contributed by atoms with E-state index in [1.165, 1.54) is 6.92 Å². The van der Waals surface area contributed by atoms with Gasteiger partial charge >= 0.3 is 5.97 Å². The summed E-state index contributed by atoms with van der Waals surface area (Å²) < 4.78 is 1.77. The van der Waals surface area contributed by atoms with E-state index in [9.17, 15) is 9.90 Å². The molecule has 0 spiro atoms. The number of hydrogen-bond donors (Lipinski definition) is 2. The van der Waals surface area contributed by atoms with Gasteiger partial charge in [-0.1, -0.05) is 0 Å². The van der Waals surface area contributed by atoms with Crippen molar-refractivity contribution in [3.8, 4) is 0 Å². The maximum absolute atomic E-state index is 10.4. The lowest BCUT2D eigenvalue weighted by molar-refractivity contribution is -0.142. The Labute approximate surface area is 76.4 Å². The van der Waals surface area contributed by atoms with Crippen molar-refractivity contribution in [3.05, 3.63) is 24.0 Å². The Bertz CT molecular complexity index is 314. The Morgan fingerprint density at radius 1 is 1.69 bits per heavy atom. The molecule has 0 aromatic carbocycles. The van der Waals surface area contributed by atoms with Crippen molar-refractivity contribution in [1.82, 2.24) is 4.57 Å². The van der Waals surface area contributed by atoms with Crippen molar-refractivity contribution in [2.45, 2.75) is 18.9 Å². The minimum Gasteiger partial charge on any atom is -0.481 e. The highest BCUT2D eigenvalue weighted by Gasteiger charge is 2.26. The van der Waals surface area contributed by atoms with Gasteiger partial charge in [-0.15, -0.1) is 0 Å². The third kappa shape index (κ3) is 2.32. The molecule has 0 aliphatic carbocycles. The van der Waals surface area contributed by atoms with Crippen molar-refractivity contribution >= 4 is 5.97 Å². The second-order valence-electron chi connectivity index (χ2n) is 3.41. The van der Waals surface area contributed by atoms with Gasteiger partial charge in [-0.25, -0.2) is 0 Å². The Hall–Kier alpha value is -1.29. The molecule has 0 saturated carbocycles. The SMILES string of the molecule is Cn1ccc(C(C)(O)CC(=O)O)c1. The summed E-state index contributed by atoms with van der Waals surface area (Å²) in [6, 6.07) is 1.71. The van der Waals surface area contributed by atoms with Gasteiger partial charge in [-0.2, -0.15) is 0 Å². The second kappa shape index (κ2) is 3.22. The minimum absolute atomic E-state index is 0.281. The zero-order valence-corrected chi connectivity index (χ0v) is 7.69. The average molecular weight is 183 g/mol. The lowest BCUT2D eigenvalue weighted by atomic mass is 9.95. The van der Waals surface area contributed by atoms with Crippen LogP contribution in [0, 0.1) is 0 Å². The Balaban J connectivity index is 2.86. The first-order chi connectivity index (χ1) is 5.92. The molecule has 0 radical (unpaired) electrons. The number of aliphatic carboxylic acids is 1. The molecule has 0 bridgehead atoms. The largest absolute Gasteiger partial charge is 0.481 e. The Morgan fingerprint density at radius 2 is 2.31 bits per heavy atom. The standard InChI is InChI=1S/C9H13NO3/c1-9(13,5-8(11)12)7-3-4-10(2)6-7/h3-4,6,13H,5H2,1-2H3,(H,11,12). The number of nitrogens with zero attached hydrogens (tertiary/aromatic N) is 1. The zero-order chi connectivity index (χ0) is 10.1. The molecule has 13 heavy (non-hydrogen) atoms. The summed E-state index contributed by atoms with van der Waals surface area (Å²) in [7, 11) is 1.82. The van der Waals surface area contributed by atoms with E-state index in [1.54, 1.807) is 23.0 Å². The molecule has 4 nitrogen and oxygen atoms in total. The number of hydrogen-bond acceptors (Lipinski definition) is 2. The Morgan fingerprint density at radius 3 is 2.69 bits per heavy atom. The lowest BCUT2D eigenvalue weighted by Crippen LogP contribution is -2.24. The van der Waals surface area contributed by atoms with Crippen LogP contribution in [0.4, 0.5) is 0 Å². The van der Waals surface area contributed by atoms with Crippen LogP contribution in [0.15, 0.2) is 18.5 Å². The molecule has 1 rings (SSSR count). The molecule has 1 unspecified atom stereocenters. The molecule has 0 aliphatic heterocycles. The first-order valence-electron chi connectivity index (χ1n) is 3.98. The van der Waals surface area contributed by atoms with E-state index in [-0.39, 0.29) is 6.42 Å².